The minimum atomic E-state index is -1.19. The van der Waals surface area contributed by atoms with Gasteiger partial charge in [0.05, 0.1) is 26.0 Å². The minimum absolute atomic E-state index is 0.000753. The van der Waals surface area contributed by atoms with Crippen LogP contribution in [0.1, 0.15) is 49.1 Å². The second-order valence-electron chi connectivity index (χ2n) is 11.1. The van der Waals surface area contributed by atoms with Gasteiger partial charge in [0.1, 0.15) is 12.3 Å². The molecule has 3 heterocycles. The number of nitrogens with one attached hydrogen (secondary N) is 1. The first-order valence-electron chi connectivity index (χ1n) is 13.9. The van der Waals surface area contributed by atoms with Crippen molar-refractivity contribution in [1.29, 1.82) is 0 Å². The quantitative estimate of drug-likeness (QED) is 0.340. The van der Waals surface area contributed by atoms with Crippen molar-refractivity contribution in [3.63, 3.8) is 0 Å². The van der Waals surface area contributed by atoms with Crippen LogP contribution in [-0.2, 0) is 21.7 Å². The maximum Gasteiger partial charge on any atom is 0.255 e. The lowest BCUT2D eigenvalue weighted by molar-refractivity contribution is -0.166. The number of amides is 2. The highest BCUT2D eigenvalue weighted by molar-refractivity contribution is 6.01. The van der Waals surface area contributed by atoms with Crippen molar-refractivity contribution in [2.24, 2.45) is 0 Å². The molecular weight excluding hydrogens is 518 g/mol. The number of rotatable bonds is 7. The van der Waals surface area contributed by atoms with Gasteiger partial charge in [-0.1, -0.05) is 42.5 Å². The van der Waals surface area contributed by atoms with Crippen LogP contribution >= 0.6 is 0 Å². The standard InChI is InChI=1S/C33H35N3O5/c1-20(2)41-27-15-14-21(16-28(27)40-5)24-18-36-29(37)19-35(17-22-10-6-9-13-26(22)39-4)32(38)33(36,3)31-30(24)23-11-7-8-12-25(23)34-31/h6-16,20,24,34H,17-19H2,1-5H3/t24-,33-/m0/s1. The SMILES string of the molecule is COc1ccccc1CN1CC(=O)N2C[C@@H](c3ccc(OC(C)C)c(OC)c3)c3c([nH]c4ccccc34)[C@@]2(C)C1=O. The average Bonchev–Trinajstić information content (AvgIpc) is 3.37. The molecule has 2 aliphatic heterocycles. The van der Waals surface area contributed by atoms with E-state index in [1.807, 2.05) is 81.4 Å². The third-order valence-corrected chi connectivity index (χ3v) is 8.32. The summed E-state index contributed by atoms with van der Waals surface area (Å²) in [6.45, 7) is 6.47. The number of hydrogen-bond donors (Lipinski definition) is 1. The zero-order valence-corrected chi connectivity index (χ0v) is 24.1. The summed E-state index contributed by atoms with van der Waals surface area (Å²) >= 11 is 0. The van der Waals surface area contributed by atoms with Crippen molar-refractivity contribution < 1.29 is 23.8 Å². The zero-order valence-electron chi connectivity index (χ0n) is 24.1. The van der Waals surface area contributed by atoms with Crippen LogP contribution < -0.4 is 14.2 Å². The number of nitrogens with zero attached hydrogens (tertiary/aromatic N) is 2. The van der Waals surface area contributed by atoms with Gasteiger partial charge in [0.15, 0.2) is 17.0 Å². The molecule has 0 saturated carbocycles. The first kappa shape index (κ1) is 26.7. The van der Waals surface area contributed by atoms with Crippen LogP contribution in [0.15, 0.2) is 66.7 Å². The van der Waals surface area contributed by atoms with Crippen LogP contribution in [-0.4, -0.2) is 60.0 Å². The lowest BCUT2D eigenvalue weighted by Crippen LogP contribution is -2.67. The van der Waals surface area contributed by atoms with Crippen LogP contribution in [0.2, 0.25) is 0 Å². The molecule has 2 amide bonds. The van der Waals surface area contributed by atoms with E-state index < -0.39 is 5.54 Å². The molecule has 0 aliphatic carbocycles. The van der Waals surface area contributed by atoms with Crippen LogP contribution in [0.4, 0.5) is 0 Å². The summed E-state index contributed by atoms with van der Waals surface area (Å²) in [6, 6.07) is 21.6. The maximum atomic E-state index is 14.4. The van der Waals surface area contributed by atoms with Gasteiger partial charge in [0.2, 0.25) is 5.91 Å². The Hall–Kier alpha value is -4.46. The number of para-hydroxylation sites is 2. The highest BCUT2D eigenvalue weighted by Crippen LogP contribution is 2.49. The molecule has 2 atom stereocenters. The fraction of sp³-hybridized carbons (Fsp3) is 0.333. The van der Waals surface area contributed by atoms with Gasteiger partial charge in [-0.05, 0) is 56.2 Å². The number of carbonyl (C=O) groups is 2. The molecule has 1 N–H and O–H groups in total. The van der Waals surface area contributed by atoms with E-state index in [1.165, 1.54) is 0 Å². The first-order chi connectivity index (χ1) is 19.8. The Morgan fingerprint density at radius 3 is 2.44 bits per heavy atom. The van der Waals surface area contributed by atoms with Gasteiger partial charge in [-0.25, -0.2) is 0 Å². The number of H-pyrrole nitrogens is 1. The molecule has 0 unspecified atom stereocenters. The number of aromatic nitrogens is 1. The topological polar surface area (TPSA) is 84.1 Å². The van der Waals surface area contributed by atoms with Crippen molar-refractivity contribution >= 4 is 22.7 Å². The van der Waals surface area contributed by atoms with Crippen molar-refractivity contribution in [3.8, 4) is 17.2 Å². The number of piperazine rings is 1. The molecule has 6 rings (SSSR count). The van der Waals surface area contributed by atoms with E-state index in [1.54, 1.807) is 24.0 Å². The molecular formula is C33H35N3O5. The van der Waals surface area contributed by atoms with E-state index >= 15 is 0 Å². The van der Waals surface area contributed by atoms with Crippen molar-refractivity contribution in [1.82, 2.24) is 14.8 Å². The second-order valence-corrected chi connectivity index (χ2v) is 11.1. The number of aromatic amines is 1. The molecule has 1 fully saturated rings. The molecule has 212 valence electrons. The van der Waals surface area contributed by atoms with Gasteiger partial charge >= 0.3 is 0 Å². The Morgan fingerprint density at radius 2 is 1.68 bits per heavy atom. The summed E-state index contributed by atoms with van der Waals surface area (Å²) in [5.74, 6) is 1.61. The summed E-state index contributed by atoms with van der Waals surface area (Å²) in [5.41, 5.74) is 3.36. The van der Waals surface area contributed by atoms with E-state index in [0.29, 0.717) is 23.8 Å². The summed E-state index contributed by atoms with van der Waals surface area (Å²) in [6.07, 6.45) is 0.00106. The molecule has 8 nitrogen and oxygen atoms in total. The Kier molecular flexibility index (Phi) is 6.64. The Bertz CT molecular complexity index is 1640. The summed E-state index contributed by atoms with van der Waals surface area (Å²) in [4.78, 5) is 35.2. The van der Waals surface area contributed by atoms with Gasteiger partial charge in [-0.3, -0.25) is 9.59 Å². The third kappa shape index (κ3) is 4.29. The Balaban J connectivity index is 1.47. The number of methoxy groups -OCH3 is 2. The lowest BCUT2D eigenvalue weighted by Gasteiger charge is -2.51. The molecule has 41 heavy (non-hydrogen) atoms. The summed E-state index contributed by atoms with van der Waals surface area (Å²) < 4.78 is 17.2. The predicted molar refractivity (Wildman–Crippen MR) is 156 cm³/mol. The number of benzene rings is 3. The van der Waals surface area contributed by atoms with Gasteiger partial charge in [0, 0.05) is 35.5 Å². The maximum absolute atomic E-state index is 14.4. The fourth-order valence-corrected chi connectivity index (χ4v) is 6.39. The van der Waals surface area contributed by atoms with Gasteiger partial charge < -0.3 is 29.0 Å². The van der Waals surface area contributed by atoms with Crippen LogP contribution in [0, 0.1) is 0 Å². The molecule has 3 aromatic carbocycles. The summed E-state index contributed by atoms with van der Waals surface area (Å²) in [5, 5.41) is 1.04. The number of fused-ring (bicyclic) bond motifs is 5. The third-order valence-electron chi connectivity index (χ3n) is 8.32. The fourth-order valence-electron chi connectivity index (χ4n) is 6.39. The highest BCUT2D eigenvalue weighted by atomic mass is 16.5. The van der Waals surface area contributed by atoms with Crippen molar-refractivity contribution in [2.75, 3.05) is 27.3 Å². The predicted octanol–water partition coefficient (Wildman–Crippen LogP) is 5.20. The molecule has 4 aromatic rings. The molecule has 0 radical (unpaired) electrons. The Morgan fingerprint density at radius 1 is 0.951 bits per heavy atom. The van der Waals surface area contributed by atoms with E-state index in [2.05, 4.69) is 11.1 Å². The smallest absolute Gasteiger partial charge is 0.255 e. The van der Waals surface area contributed by atoms with Gasteiger partial charge in [-0.15, -0.1) is 0 Å². The largest absolute Gasteiger partial charge is 0.496 e. The Labute approximate surface area is 239 Å². The highest BCUT2D eigenvalue weighted by Gasteiger charge is 2.56. The summed E-state index contributed by atoms with van der Waals surface area (Å²) in [7, 11) is 3.24. The number of carbonyl (C=O) groups excluding carboxylic acids is 2. The van der Waals surface area contributed by atoms with E-state index in [4.69, 9.17) is 14.2 Å². The van der Waals surface area contributed by atoms with Crippen LogP contribution in [0.5, 0.6) is 17.2 Å². The molecule has 2 aliphatic rings. The molecule has 8 heteroatoms. The number of ether oxygens (including phenoxy) is 3. The molecule has 0 spiro atoms. The molecule has 1 saturated heterocycles. The van der Waals surface area contributed by atoms with Gasteiger partial charge in [-0.2, -0.15) is 0 Å². The van der Waals surface area contributed by atoms with Crippen LogP contribution in [0.25, 0.3) is 10.9 Å². The molecule has 0 bridgehead atoms. The zero-order chi connectivity index (χ0) is 28.9. The van der Waals surface area contributed by atoms with E-state index in [9.17, 15) is 9.59 Å². The van der Waals surface area contributed by atoms with Crippen LogP contribution in [0.3, 0.4) is 0 Å². The van der Waals surface area contributed by atoms with Crippen molar-refractivity contribution in [2.45, 2.75) is 44.9 Å². The monoisotopic (exact) mass is 553 g/mol. The average molecular weight is 554 g/mol. The normalized spacial score (nSPS) is 20.3. The van der Waals surface area contributed by atoms with Crippen molar-refractivity contribution in [3.05, 3.63) is 89.1 Å². The molecule has 1 aromatic heterocycles. The minimum Gasteiger partial charge on any atom is -0.496 e. The van der Waals surface area contributed by atoms with E-state index in [0.717, 1.165) is 33.3 Å². The van der Waals surface area contributed by atoms with Gasteiger partial charge in [0.25, 0.3) is 5.91 Å². The van der Waals surface area contributed by atoms with E-state index in [-0.39, 0.29) is 36.9 Å². The second kappa shape index (κ2) is 10.2. The lowest BCUT2D eigenvalue weighted by atomic mass is 9.76. The first-order valence-corrected chi connectivity index (χ1v) is 13.9. The number of hydrogen-bond acceptors (Lipinski definition) is 5.